The predicted octanol–water partition coefficient (Wildman–Crippen LogP) is 4.42. The maximum absolute atomic E-state index is 13.8. The summed E-state index contributed by atoms with van der Waals surface area (Å²) in [5.41, 5.74) is 2.76. The molecule has 0 saturated carbocycles. The zero-order chi connectivity index (χ0) is 28.2. The van der Waals surface area contributed by atoms with Gasteiger partial charge in [0.05, 0.1) is 36.3 Å². The van der Waals surface area contributed by atoms with Gasteiger partial charge in [0, 0.05) is 30.7 Å². The van der Waals surface area contributed by atoms with Gasteiger partial charge in [0.25, 0.3) is 0 Å². The van der Waals surface area contributed by atoms with Crippen molar-refractivity contribution in [1.29, 1.82) is 0 Å². The SMILES string of the molecule is COc1ccc2ncc(C)c(C(O)CCC3(C(=O)NO)CCN(CC#Cc4cc(F)cc(F)c4F)CC3)c2c1. The van der Waals surface area contributed by atoms with E-state index in [1.807, 2.05) is 24.0 Å². The lowest BCUT2D eigenvalue weighted by Gasteiger charge is -2.40. The number of methoxy groups -OCH3 is 1. The van der Waals surface area contributed by atoms with E-state index < -0.39 is 34.9 Å². The summed E-state index contributed by atoms with van der Waals surface area (Å²) in [6, 6.07) is 6.75. The molecule has 2 heterocycles. The number of aliphatic hydroxyl groups is 1. The van der Waals surface area contributed by atoms with Gasteiger partial charge in [-0.05, 0) is 68.0 Å². The molecule has 10 heteroatoms. The molecule has 0 aliphatic carbocycles. The summed E-state index contributed by atoms with van der Waals surface area (Å²) in [5.74, 6) is 1.92. The Morgan fingerprint density at radius 2 is 1.97 bits per heavy atom. The number of hydroxylamine groups is 1. The molecule has 3 N–H and O–H groups in total. The lowest BCUT2D eigenvalue weighted by atomic mass is 9.73. The third-order valence-corrected chi connectivity index (χ3v) is 7.46. The number of likely N-dealkylation sites (tertiary alicyclic amines) is 1. The second kappa shape index (κ2) is 12.0. The first-order valence-electron chi connectivity index (χ1n) is 12.6. The number of hydrogen-bond donors (Lipinski definition) is 3. The van der Waals surface area contributed by atoms with Gasteiger partial charge < -0.3 is 9.84 Å². The van der Waals surface area contributed by atoms with Crippen LogP contribution in [0.5, 0.6) is 5.75 Å². The first-order valence-corrected chi connectivity index (χ1v) is 12.6. The Hall–Kier alpha value is -3.65. The first kappa shape index (κ1) is 28.4. The van der Waals surface area contributed by atoms with Crippen LogP contribution in [0.15, 0.2) is 36.5 Å². The van der Waals surface area contributed by atoms with E-state index in [9.17, 15) is 28.3 Å². The molecule has 206 valence electrons. The van der Waals surface area contributed by atoms with Crippen LogP contribution >= 0.6 is 0 Å². The molecule has 7 nitrogen and oxygen atoms in total. The summed E-state index contributed by atoms with van der Waals surface area (Å²) < 4.78 is 46.0. The zero-order valence-corrected chi connectivity index (χ0v) is 21.7. The summed E-state index contributed by atoms with van der Waals surface area (Å²) in [4.78, 5) is 19.1. The van der Waals surface area contributed by atoms with Crippen LogP contribution in [0.2, 0.25) is 0 Å². The summed E-state index contributed by atoms with van der Waals surface area (Å²) >= 11 is 0. The minimum absolute atomic E-state index is 0.209. The van der Waals surface area contributed by atoms with Crippen LogP contribution in [0.1, 0.15) is 48.5 Å². The molecule has 1 amide bonds. The third kappa shape index (κ3) is 6.17. The molecule has 4 rings (SSSR count). The van der Waals surface area contributed by atoms with Crippen molar-refractivity contribution in [3.63, 3.8) is 0 Å². The Kier molecular flexibility index (Phi) is 8.75. The molecule has 1 saturated heterocycles. The number of aliphatic hydroxyl groups excluding tert-OH is 1. The van der Waals surface area contributed by atoms with Crippen molar-refractivity contribution >= 4 is 16.8 Å². The molecular weight excluding hydrogens is 511 g/mol. The predicted molar refractivity (Wildman–Crippen MR) is 138 cm³/mol. The number of amides is 1. The van der Waals surface area contributed by atoms with Crippen molar-refractivity contribution in [2.45, 2.75) is 38.7 Å². The fraction of sp³-hybridized carbons (Fsp3) is 0.379. The maximum Gasteiger partial charge on any atom is 0.249 e. The van der Waals surface area contributed by atoms with Gasteiger partial charge >= 0.3 is 0 Å². The van der Waals surface area contributed by atoms with Crippen LogP contribution in [0.3, 0.4) is 0 Å². The van der Waals surface area contributed by atoms with Crippen LogP contribution < -0.4 is 10.2 Å². The molecule has 1 aliphatic heterocycles. The number of piperidine rings is 1. The van der Waals surface area contributed by atoms with Gasteiger partial charge in [-0.3, -0.25) is 19.9 Å². The monoisotopic (exact) mass is 541 g/mol. The number of pyridine rings is 1. The highest BCUT2D eigenvalue weighted by atomic mass is 19.2. The van der Waals surface area contributed by atoms with Crippen LogP contribution in [-0.4, -0.2) is 52.8 Å². The van der Waals surface area contributed by atoms with Gasteiger partial charge in [0.2, 0.25) is 5.91 Å². The van der Waals surface area contributed by atoms with Gasteiger partial charge in [-0.15, -0.1) is 0 Å². The zero-order valence-electron chi connectivity index (χ0n) is 21.7. The Morgan fingerprint density at radius 3 is 2.67 bits per heavy atom. The molecule has 1 aromatic heterocycles. The van der Waals surface area contributed by atoms with Crippen molar-refractivity contribution in [1.82, 2.24) is 15.4 Å². The van der Waals surface area contributed by atoms with Crippen molar-refractivity contribution in [2.75, 3.05) is 26.7 Å². The van der Waals surface area contributed by atoms with E-state index in [0.717, 1.165) is 17.0 Å². The van der Waals surface area contributed by atoms with E-state index in [1.165, 1.54) is 0 Å². The number of carbonyl (C=O) groups excluding carboxylic acids is 1. The number of hydrogen-bond acceptors (Lipinski definition) is 6. The maximum atomic E-state index is 13.8. The number of aromatic nitrogens is 1. The van der Waals surface area contributed by atoms with Gasteiger partial charge in [-0.25, -0.2) is 18.7 Å². The second-order valence-electron chi connectivity index (χ2n) is 9.84. The lowest BCUT2D eigenvalue weighted by Crippen LogP contribution is -2.48. The van der Waals surface area contributed by atoms with Gasteiger partial charge in [-0.2, -0.15) is 0 Å². The smallest absolute Gasteiger partial charge is 0.249 e. The molecule has 39 heavy (non-hydrogen) atoms. The number of nitrogens with one attached hydrogen (secondary N) is 1. The minimum Gasteiger partial charge on any atom is -0.497 e. The normalized spacial score (nSPS) is 15.9. The van der Waals surface area contributed by atoms with E-state index in [1.54, 1.807) is 24.9 Å². The molecule has 1 unspecified atom stereocenters. The van der Waals surface area contributed by atoms with E-state index in [0.29, 0.717) is 55.2 Å². The first-order chi connectivity index (χ1) is 18.7. The number of aryl methyl sites for hydroxylation is 1. The molecule has 1 fully saturated rings. The highest BCUT2D eigenvalue weighted by molar-refractivity contribution is 5.85. The Balaban J connectivity index is 1.45. The largest absolute Gasteiger partial charge is 0.497 e. The summed E-state index contributed by atoms with van der Waals surface area (Å²) in [5, 5.41) is 21.5. The Labute approximate surface area is 224 Å². The van der Waals surface area contributed by atoms with Crippen molar-refractivity contribution in [2.24, 2.45) is 5.41 Å². The molecule has 0 spiro atoms. The molecule has 0 bridgehead atoms. The topological polar surface area (TPSA) is 94.9 Å². The van der Waals surface area contributed by atoms with Crippen molar-refractivity contribution in [3.8, 4) is 17.6 Å². The average Bonchev–Trinajstić information content (AvgIpc) is 2.94. The van der Waals surface area contributed by atoms with E-state index >= 15 is 0 Å². The van der Waals surface area contributed by atoms with Crippen molar-refractivity contribution in [3.05, 3.63) is 70.7 Å². The highest BCUT2D eigenvalue weighted by Crippen LogP contribution is 2.40. The molecule has 1 aliphatic rings. The van der Waals surface area contributed by atoms with E-state index in [4.69, 9.17) is 4.74 Å². The number of fused-ring (bicyclic) bond motifs is 1. The number of halogens is 3. The fourth-order valence-electron chi connectivity index (χ4n) is 5.16. The van der Waals surface area contributed by atoms with Crippen molar-refractivity contribution < 1.29 is 33.0 Å². The number of benzene rings is 2. The fourth-order valence-corrected chi connectivity index (χ4v) is 5.16. The molecular formula is C29H30F3N3O4. The third-order valence-electron chi connectivity index (χ3n) is 7.46. The lowest BCUT2D eigenvalue weighted by molar-refractivity contribution is -0.143. The molecule has 3 aromatic rings. The average molecular weight is 542 g/mol. The van der Waals surface area contributed by atoms with E-state index in [2.05, 4.69) is 16.8 Å². The standard InChI is InChI=1S/C29H30F3N3O4/c1-18-17-33-24-6-5-21(39-2)16-22(24)26(18)25(36)7-8-29(28(37)34-38)9-12-35(13-10-29)11-3-4-19-14-20(30)15-23(31)27(19)32/h5-6,14-17,25,36,38H,7-13H2,1-2H3,(H,34,37). The summed E-state index contributed by atoms with van der Waals surface area (Å²) in [7, 11) is 1.56. The number of rotatable bonds is 7. The van der Waals surface area contributed by atoms with Gasteiger partial charge in [-0.1, -0.05) is 11.8 Å². The number of carbonyl (C=O) groups is 1. The van der Waals surface area contributed by atoms with E-state index in [-0.39, 0.29) is 18.5 Å². The van der Waals surface area contributed by atoms with Crippen LogP contribution in [-0.2, 0) is 4.79 Å². The van der Waals surface area contributed by atoms with Crippen LogP contribution in [0.25, 0.3) is 10.9 Å². The van der Waals surface area contributed by atoms with Crippen LogP contribution in [0, 0.1) is 41.6 Å². The Bertz CT molecular complexity index is 1430. The minimum atomic E-state index is -1.30. The van der Waals surface area contributed by atoms with Gasteiger partial charge in [0.1, 0.15) is 11.6 Å². The number of ether oxygens (including phenoxy) is 1. The number of nitrogens with zero attached hydrogens (tertiary/aromatic N) is 2. The summed E-state index contributed by atoms with van der Waals surface area (Å²) in [6.45, 7) is 2.98. The Morgan fingerprint density at radius 1 is 1.23 bits per heavy atom. The molecule has 2 aromatic carbocycles. The molecule has 1 atom stereocenters. The highest BCUT2D eigenvalue weighted by Gasteiger charge is 2.41. The second-order valence-corrected chi connectivity index (χ2v) is 9.84. The van der Waals surface area contributed by atoms with Crippen LogP contribution in [0.4, 0.5) is 13.2 Å². The molecule has 0 radical (unpaired) electrons. The van der Waals surface area contributed by atoms with Gasteiger partial charge in [0.15, 0.2) is 11.6 Å². The quantitative estimate of drug-likeness (QED) is 0.177. The summed E-state index contributed by atoms with van der Waals surface area (Å²) in [6.07, 6.45) is 2.20.